The van der Waals surface area contributed by atoms with Crippen LogP contribution in [0.15, 0.2) is 0 Å². The van der Waals surface area contributed by atoms with Crippen LogP contribution in [0.5, 0.6) is 0 Å². The van der Waals surface area contributed by atoms with E-state index in [1.807, 2.05) is 6.92 Å². The fraction of sp³-hybridized carbons (Fsp3) is 0.857. The lowest BCUT2D eigenvalue weighted by Gasteiger charge is -1.97. The van der Waals surface area contributed by atoms with E-state index in [1.54, 1.807) is 6.92 Å². The zero-order valence-electron chi connectivity index (χ0n) is 6.19. The zero-order chi connectivity index (χ0) is 7.78. The maximum atomic E-state index is 11.0. The fourth-order valence-electron chi connectivity index (χ4n) is 1.01. The van der Waals surface area contributed by atoms with E-state index in [1.165, 1.54) is 0 Å². The van der Waals surface area contributed by atoms with E-state index in [9.17, 15) is 4.79 Å². The molecule has 0 bridgehead atoms. The number of hydrogen-bond donors (Lipinski definition) is 0. The molecule has 2 nitrogen and oxygen atoms in total. The van der Waals surface area contributed by atoms with Crippen LogP contribution in [0, 0.1) is 0 Å². The summed E-state index contributed by atoms with van der Waals surface area (Å²) in [7, 11) is 0. The summed E-state index contributed by atoms with van der Waals surface area (Å²) in [5.74, 6) is 0.000941. The molecular weight excluding hydrogens is 152 g/mol. The third kappa shape index (κ3) is 1.06. The molecule has 1 aliphatic rings. The van der Waals surface area contributed by atoms with Gasteiger partial charge in [0, 0.05) is 6.42 Å². The molecule has 2 atom stereocenters. The molecule has 0 aromatic heterocycles. The van der Waals surface area contributed by atoms with Crippen LogP contribution in [0.2, 0.25) is 0 Å². The first-order valence-corrected chi connectivity index (χ1v) is 3.93. The average molecular weight is 163 g/mol. The molecule has 2 unspecified atom stereocenters. The van der Waals surface area contributed by atoms with Crippen molar-refractivity contribution < 1.29 is 9.53 Å². The lowest BCUT2D eigenvalue weighted by Crippen LogP contribution is -2.19. The van der Waals surface area contributed by atoms with Gasteiger partial charge in [-0.2, -0.15) is 0 Å². The van der Waals surface area contributed by atoms with Gasteiger partial charge in [0.15, 0.2) is 5.78 Å². The highest BCUT2D eigenvalue weighted by Crippen LogP contribution is 2.44. The van der Waals surface area contributed by atoms with Gasteiger partial charge in [0.25, 0.3) is 0 Å². The van der Waals surface area contributed by atoms with Crippen molar-refractivity contribution in [1.29, 1.82) is 0 Å². The van der Waals surface area contributed by atoms with Gasteiger partial charge in [0.2, 0.25) is 5.06 Å². The normalized spacial score (nSPS) is 37.7. The van der Waals surface area contributed by atoms with Crippen LogP contribution in [-0.2, 0) is 9.53 Å². The Morgan fingerprint density at radius 1 is 1.70 bits per heavy atom. The lowest BCUT2D eigenvalue weighted by atomic mass is 10.1. The minimum atomic E-state index is -0.941. The molecule has 0 amide bonds. The molecule has 0 aromatic rings. The molecule has 10 heavy (non-hydrogen) atoms. The Morgan fingerprint density at radius 3 is 2.60 bits per heavy atom. The molecule has 1 aliphatic heterocycles. The number of ether oxygens (including phenoxy) is 1. The van der Waals surface area contributed by atoms with Crippen molar-refractivity contribution in [3.05, 3.63) is 0 Å². The minimum absolute atomic E-state index is 0.000941. The third-order valence-electron chi connectivity index (χ3n) is 1.74. The lowest BCUT2D eigenvalue weighted by molar-refractivity contribution is -0.121. The van der Waals surface area contributed by atoms with Gasteiger partial charge in [-0.1, -0.05) is 25.4 Å². The monoisotopic (exact) mass is 162 g/mol. The topological polar surface area (TPSA) is 29.6 Å². The smallest absolute Gasteiger partial charge is 0.226 e. The van der Waals surface area contributed by atoms with Gasteiger partial charge in [0.1, 0.15) is 6.10 Å². The van der Waals surface area contributed by atoms with Crippen molar-refractivity contribution in [3.8, 4) is 0 Å². The Kier molecular flexibility index (Phi) is 2.02. The molecule has 1 fully saturated rings. The Labute approximate surface area is 65.5 Å². The van der Waals surface area contributed by atoms with Crippen LogP contribution in [0.4, 0.5) is 0 Å². The minimum Gasteiger partial charge on any atom is -0.342 e. The predicted molar refractivity (Wildman–Crippen MR) is 39.0 cm³/mol. The molecule has 1 rings (SSSR count). The van der Waals surface area contributed by atoms with E-state index >= 15 is 0 Å². The number of alkyl halides is 1. The first-order chi connectivity index (χ1) is 4.65. The highest BCUT2D eigenvalue weighted by molar-refractivity contribution is 6.36. The fourth-order valence-corrected chi connectivity index (χ4v) is 1.40. The van der Waals surface area contributed by atoms with E-state index in [-0.39, 0.29) is 11.9 Å². The summed E-state index contributed by atoms with van der Waals surface area (Å²) in [6.45, 7) is 3.75. The maximum Gasteiger partial charge on any atom is 0.226 e. The number of hydrogen-bond acceptors (Lipinski definition) is 2. The number of Topliss-reactive ketones (excluding diaryl/α,β-unsaturated/α-hetero) is 1. The second-order valence-corrected chi connectivity index (χ2v) is 3.00. The number of rotatable bonds is 3. The highest BCUT2D eigenvalue weighted by atomic mass is 35.5. The molecule has 0 aliphatic carbocycles. The Morgan fingerprint density at radius 2 is 2.30 bits per heavy atom. The molecule has 58 valence electrons. The van der Waals surface area contributed by atoms with Gasteiger partial charge < -0.3 is 4.74 Å². The molecule has 3 heteroatoms. The Balaban J connectivity index is 2.50. The first kappa shape index (κ1) is 8.02. The van der Waals surface area contributed by atoms with Crippen molar-refractivity contribution in [2.45, 2.75) is 37.9 Å². The van der Waals surface area contributed by atoms with Crippen LogP contribution in [0.3, 0.4) is 0 Å². The Hall–Kier alpha value is -0.0800. The summed E-state index contributed by atoms with van der Waals surface area (Å²) in [6.07, 6.45) is 1.23. The zero-order valence-corrected chi connectivity index (χ0v) is 6.94. The Bertz CT molecular complexity index is 158. The molecular formula is C7H11ClO2. The summed E-state index contributed by atoms with van der Waals surface area (Å²) < 4.78 is 5.02. The van der Waals surface area contributed by atoms with Crippen LogP contribution in [0.1, 0.15) is 26.7 Å². The number of carbonyl (C=O) groups excluding carboxylic acids is 1. The van der Waals surface area contributed by atoms with Gasteiger partial charge >= 0.3 is 0 Å². The average Bonchev–Trinajstić information content (AvgIpc) is 2.61. The molecule has 0 saturated carbocycles. The summed E-state index contributed by atoms with van der Waals surface area (Å²) in [6, 6.07) is 0. The van der Waals surface area contributed by atoms with Crippen LogP contribution in [-0.4, -0.2) is 16.9 Å². The van der Waals surface area contributed by atoms with E-state index in [2.05, 4.69) is 0 Å². The van der Waals surface area contributed by atoms with Crippen molar-refractivity contribution in [1.82, 2.24) is 0 Å². The van der Waals surface area contributed by atoms with Crippen molar-refractivity contribution in [3.63, 3.8) is 0 Å². The summed E-state index contributed by atoms with van der Waals surface area (Å²) in [5.41, 5.74) is 0. The quantitative estimate of drug-likeness (QED) is 0.467. The van der Waals surface area contributed by atoms with Gasteiger partial charge in [-0.25, -0.2) is 0 Å². The molecule has 0 radical (unpaired) electrons. The van der Waals surface area contributed by atoms with E-state index < -0.39 is 5.06 Å². The summed E-state index contributed by atoms with van der Waals surface area (Å²) >= 11 is 5.79. The largest absolute Gasteiger partial charge is 0.342 e. The molecule has 1 saturated heterocycles. The molecule has 0 spiro atoms. The van der Waals surface area contributed by atoms with E-state index in [4.69, 9.17) is 16.3 Å². The molecule has 0 aromatic carbocycles. The molecule has 0 N–H and O–H groups in total. The van der Waals surface area contributed by atoms with Gasteiger partial charge in [-0.05, 0) is 6.42 Å². The standard InChI is InChI=1S/C7H11ClO2/c1-3-5(9)7(8)6(4-2)10-7/h6H,3-4H2,1-2H3. The number of ketones is 1. The van der Waals surface area contributed by atoms with Crippen molar-refractivity contribution in [2.75, 3.05) is 0 Å². The summed E-state index contributed by atoms with van der Waals surface area (Å²) in [5, 5.41) is -0.941. The second kappa shape index (κ2) is 2.51. The number of carbonyl (C=O) groups is 1. The van der Waals surface area contributed by atoms with Gasteiger partial charge in [0.05, 0.1) is 0 Å². The van der Waals surface area contributed by atoms with Gasteiger partial charge in [-0.15, -0.1) is 0 Å². The molecule has 1 heterocycles. The number of epoxide rings is 1. The maximum absolute atomic E-state index is 11.0. The van der Waals surface area contributed by atoms with Crippen LogP contribution >= 0.6 is 11.6 Å². The second-order valence-electron chi connectivity index (χ2n) is 2.44. The first-order valence-electron chi connectivity index (χ1n) is 3.55. The van der Waals surface area contributed by atoms with Gasteiger partial charge in [-0.3, -0.25) is 4.79 Å². The van der Waals surface area contributed by atoms with Crippen molar-refractivity contribution in [2.24, 2.45) is 0 Å². The highest BCUT2D eigenvalue weighted by Gasteiger charge is 2.58. The van der Waals surface area contributed by atoms with Crippen LogP contribution in [0.25, 0.3) is 0 Å². The van der Waals surface area contributed by atoms with E-state index in [0.717, 1.165) is 6.42 Å². The predicted octanol–water partition coefficient (Wildman–Crippen LogP) is 1.71. The van der Waals surface area contributed by atoms with Crippen molar-refractivity contribution >= 4 is 17.4 Å². The van der Waals surface area contributed by atoms with Crippen LogP contribution < -0.4 is 0 Å². The number of halogens is 1. The van der Waals surface area contributed by atoms with E-state index in [0.29, 0.717) is 6.42 Å². The SMILES string of the molecule is CCC(=O)C1(Cl)OC1CC. The summed E-state index contributed by atoms with van der Waals surface area (Å²) in [4.78, 5) is 11.0. The third-order valence-corrected chi connectivity index (χ3v) is 2.29.